The van der Waals surface area contributed by atoms with Crippen LogP contribution in [0.15, 0.2) is 0 Å². The molecule has 0 heterocycles. The minimum absolute atomic E-state index is 0.601. The Kier molecular flexibility index (Phi) is 3.68. The lowest BCUT2D eigenvalue weighted by Gasteiger charge is -2.72. The van der Waals surface area contributed by atoms with Crippen LogP contribution in [0.4, 0.5) is 0 Å². The minimum Gasteiger partial charge on any atom is -0.0625 e. The van der Waals surface area contributed by atoms with Gasteiger partial charge >= 0.3 is 0 Å². The molecule has 0 heteroatoms. The van der Waals surface area contributed by atoms with Crippen molar-refractivity contribution >= 4 is 0 Å². The van der Waals surface area contributed by atoms with Gasteiger partial charge in [0.15, 0.2) is 0 Å². The largest absolute Gasteiger partial charge is 0.0625 e. The maximum atomic E-state index is 2.79. The van der Waals surface area contributed by atoms with E-state index in [0.29, 0.717) is 32.5 Å². The second-order valence-corrected chi connectivity index (χ2v) is 16.9. The molecule has 0 aromatic rings. The van der Waals surface area contributed by atoms with Crippen molar-refractivity contribution < 1.29 is 0 Å². The summed E-state index contributed by atoms with van der Waals surface area (Å²) >= 11 is 0. The van der Waals surface area contributed by atoms with Crippen LogP contribution >= 0.6 is 0 Å². The molecule has 7 aliphatic carbocycles. The molecule has 0 aromatic carbocycles. The summed E-state index contributed by atoms with van der Waals surface area (Å²) in [5, 5.41) is 0. The molecule has 0 saturated heterocycles. The van der Waals surface area contributed by atoms with Gasteiger partial charge in [-0.25, -0.2) is 0 Å². The smallest absolute Gasteiger partial charge is 0.0128 e. The molecule has 6 unspecified atom stereocenters. The second kappa shape index (κ2) is 5.47. The molecule has 4 spiro atoms. The van der Waals surface area contributed by atoms with Gasteiger partial charge in [-0.3, -0.25) is 0 Å². The average molecular weight is 451 g/mol. The van der Waals surface area contributed by atoms with Gasteiger partial charge in [-0.15, -0.1) is 0 Å². The van der Waals surface area contributed by atoms with E-state index >= 15 is 0 Å². The van der Waals surface area contributed by atoms with E-state index < -0.39 is 0 Å². The average Bonchev–Trinajstić information content (AvgIpc) is 3.63. The predicted octanol–water partition coefficient (Wildman–Crippen LogP) is 8.80. The van der Waals surface area contributed by atoms with Gasteiger partial charge in [-0.05, 0) is 123 Å². The van der Waals surface area contributed by atoms with E-state index in [0.717, 1.165) is 71.0 Å². The molecular formula is C33H54. The Labute approximate surface area is 205 Å². The lowest BCUT2D eigenvalue weighted by molar-refractivity contribution is -0.255. The van der Waals surface area contributed by atoms with Crippen molar-refractivity contribution in [2.24, 2.45) is 104 Å². The zero-order valence-electron chi connectivity index (χ0n) is 24.0. The van der Waals surface area contributed by atoms with Gasteiger partial charge in [-0.2, -0.15) is 0 Å². The Morgan fingerprint density at radius 1 is 0.485 bits per heavy atom. The Morgan fingerprint density at radius 2 is 0.818 bits per heavy atom. The lowest BCUT2D eigenvalue weighted by atomic mass is 9.32. The highest BCUT2D eigenvalue weighted by molar-refractivity contribution is 5.51. The van der Waals surface area contributed by atoms with Gasteiger partial charge in [-0.1, -0.05) is 83.1 Å². The summed E-state index contributed by atoms with van der Waals surface area (Å²) in [6.45, 7) is 32.5. The van der Waals surface area contributed by atoms with Crippen LogP contribution in [0.5, 0.6) is 0 Å². The van der Waals surface area contributed by atoms with Crippen molar-refractivity contribution in [3.8, 4) is 0 Å². The third-order valence-corrected chi connectivity index (χ3v) is 16.6. The SMILES string of the molecule is CC(C)C1[C@@H](C)C2C(C)[C@@H](C)[C@@]3(C)C[C@@]34C(C(C)C)[C@@H](C)C3C(C)[C@@H](C)[C@]5(C)C[C@@]15[C@@]31C[C@]214. The summed E-state index contributed by atoms with van der Waals surface area (Å²) in [7, 11) is 0. The summed E-state index contributed by atoms with van der Waals surface area (Å²) in [6.07, 6.45) is 4.77. The minimum atomic E-state index is 0.601. The van der Waals surface area contributed by atoms with Gasteiger partial charge in [0.1, 0.15) is 0 Å². The van der Waals surface area contributed by atoms with Crippen LogP contribution in [-0.2, 0) is 0 Å². The van der Waals surface area contributed by atoms with Crippen molar-refractivity contribution in [3.05, 3.63) is 0 Å². The fourth-order valence-electron chi connectivity index (χ4n) is 16.3. The van der Waals surface area contributed by atoms with Gasteiger partial charge < -0.3 is 0 Å². The standard InChI is InChI=1S/C33H54/c1-16(2)24-20(7)26-18(5)23(10)29(12)14-31(29)25(17(3)4)21(8)27-19(6)22(9)28(11)13-30(24,28)32(27)15-33(26,31)32/h16-27H,13-15H2,1-12H3/t18?,19?,20-,21-,22-,23-,24?,25?,26?,27?,28-,29+,30-,31-,32-,33-/m1/s1. The summed E-state index contributed by atoms with van der Waals surface area (Å²) in [4.78, 5) is 0. The Bertz CT molecular complexity index is 856. The maximum absolute atomic E-state index is 2.79. The molecule has 7 saturated carbocycles. The normalized spacial score (nSPS) is 72.5. The molecule has 7 fully saturated rings. The number of hydrogen-bond acceptors (Lipinski definition) is 0. The molecule has 0 amide bonds. The first-order chi connectivity index (χ1) is 15.2. The zero-order valence-corrected chi connectivity index (χ0v) is 24.0. The molecule has 7 aliphatic rings. The molecular weight excluding hydrogens is 396 g/mol. The first kappa shape index (κ1) is 22.2. The highest BCUT2D eigenvalue weighted by Gasteiger charge is 3.04. The Balaban J connectivity index is 1.57. The molecule has 186 valence electrons. The molecule has 33 heavy (non-hydrogen) atoms. The molecule has 16 atom stereocenters. The highest BCUT2D eigenvalue weighted by atomic mass is 15.1. The van der Waals surface area contributed by atoms with Crippen LogP contribution in [0.25, 0.3) is 0 Å². The summed E-state index contributed by atoms with van der Waals surface area (Å²) in [6, 6.07) is 0. The second-order valence-electron chi connectivity index (χ2n) is 16.9. The van der Waals surface area contributed by atoms with E-state index in [4.69, 9.17) is 0 Å². The van der Waals surface area contributed by atoms with Crippen molar-refractivity contribution in [2.45, 2.75) is 102 Å². The van der Waals surface area contributed by atoms with Gasteiger partial charge in [0.25, 0.3) is 0 Å². The third-order valence-electron chi connectivity index (χ3n) is 16.6. The van der Waals surface area contributed by atoms with Crippen molar-refractivity contribution in [1.29, 1.82) is 0 Å². The Hall–Kier alpha value is 0. The van der Waals surface area contributed by atoms with E-state index in [-0.39, 0.29) is 0 Å². The molecule has 0 nitrogen and oxygen atoms in total. The van der Waals surface area contributed by atoms with E-state index in [9.17, 15) is 0 Å². The molecule has 7 rings (SSSR count). The molecule has 0 N–H and O–H groups in total. The topological polar surface area (TPSA) is 0 Å². The van der Waals surface area contributed by atoms with Crippen LogP contribution < -0.4 is 0 Å². The quantitative estimate of drug-likeness (QED) is 0.394. The van der Waals surface area contributed by atoms with Crippen LogP contribution in [0.3, 0.4) is 0 Å². The van der Waals surface area contributed by atoms with Gasteiger partial charge in [0.05, 0.1) is 0 Å². The maximum Gasteiger partial charge on any atom is -0.0128 e. The number of rotatable bonds is 2. The van der Waals surface area contributed by atoms with Crippen molar-refractivity contribution in [3.63, 3.8) is 0 Å². The predicted molar refractivity (Wildman–Crippen MR) is 138 cm³/mol. The molecule has 0 radical (unpaired) electrons. The summed E-state index contributed by atoms with van der Waals surface area (Å²) in [5.74, 6) is 10.9. The van der Waals surface area contributed by atoms with E-state index in [1.165, 1.54) is 0 Å². The number of hydrogen-bond donors (Lipinski definition) is 0. The van der Waals surface area contributed by atoms with Crippen LogP contribution in [0, 0.1) is 104 Å². The monoisotopic (exact) mass is 450 g/mol. The van der Waals surface area contributed by atoms with Gasteiger partial charge in [0, 0.05) is 0 Å². The lowest BCUT2D eigenvalue weighted by Crippen LogP contribution is -2.68. The van der Waals surface area contributed by atoms with Crippen LogP contribution in [0.2, 0.25) is 0 Å². The fourth-order valence-corrected chi connectivity index (χ4v) is 16.3. The summed E-state index contributed by atoms with van der Waals surface area (Å²) < 4.78 is 0. The van der Waals surface area contributed by atoms with Crippen LogP contribution in [0.1, 0.15) is 102 Å². The van der Waals surface area contributed by atoms with E-state index in [1.54, 1.807) is 19.3 Å². The first-order valence-electron chi connectivity index (χ1n) is 15.2. The first-order valence-corrected chi connectivity index (χ1v) is 15.2. The van der Waals surface area contributed by atoms with Crippen molar-refractivity contribution in [1.82, 2.24) is 0 Å². The van der Waals surface area contributed by atoms with E-state index in [1.807, 2.05) is 0 Å². The molecule has 0 bridgehead atoms. The molecule has 0 aromatic heterocycles. The zero-order chi connectivity index (χ0) is 24.0. The van der Waals surface area contributed by atoms with Crippen LogP contribution in [-0.4, -0.2) is 0 Å². The summed E-state index contributed by atoms with van der Waals surface area (Å²) in [5.41, 5.74) is 3.84. The Morgan fingerprint density at radius 3 is 1.12 bits per heavy atom. The third kappa shape index (κ3) is 1.63. The fraction of sp³-hybridized carbons (Fsp3) is 1.00. The van der Waals surface area contributed by atoms with E-state index in [2.05, 4.69) is 83.1 Å². The van der Waals surface area contributed by atoms with Gasteiger partial charge in [0.2, 0.25) is 0 Å². The van der Waals surface area contributed by atoms with Crippen molar-refractivity contribution in [2.75, 3.05) is 0 Å². The molecule has 0 aliphatic heterocycles. The highest BCUT2D eigenvalue weighted by Crippen LogP contribution is 3.09.